The summed E-state index contributed by atoms with van der Waals surface area (Å²) in [6.07, 6.45) is 3.35. The Balaban J connectivity index is 2.11. The first-order valence-electron chi connectivity index (χ1n) is 6.88. The number of hydrogen-bond acceptors (Lipinski definition) is 2. The van der Waals surface area contributed by atoms with Gasteiger partial charge in [0.2, 0.25) is 0 Å². The number of nitrogens with one attached hydrogen (secondary N) is 1. The Morgan fingerprint density at radius 2 is 1.89 bits per heavy atom. The third-order valence-electron chi connectivity index (χ3n) is 3.94. The predicted octanol–water partition coefficient (Wildman–Crippen LogP) is 3.23. The van der Waals surface area contributed by atoms with Gasteiger partial charge in [-0.1, -0.05) is 12.8 Å². The number of hydrogen-bond donors (Lipinski definition) is 2. The highest BCUT2D eigenvalue weighted by Gasteiger charge is 2.25. The van der Waals surface area contributed by atoms with Crippen molar-refractivity contribution < 1.29 is 13.9 Å². The third-order valence-corrected chi connectivity index (χ3v) is 3.94. The van der Waals surface area contributed by atoms with Crippen molar-refractivity contribution in [3.05, 3.63) is 34.9 Å². The van der Waals surface area contributed by atoms with E-state index in [0.29, 0.717) is 11.1 Å². The molecule has 1 aliphatic rings. The van der Waals surface area contributed by atoms with E-state index in [0.717, 1.165) is 25.7 Å². The molecule has 106 valence electrons. The van der Waals surface area contributed by atoms with Crippen molar-refractivity contribution >= 4 is 0 Å². The first-order valence-corrected chi connectivity index (χ1v) is 6.88. The molecule has 1 aromatic carbocycles. The molecule has 1 aliphatic carbocycles. The Labute approximate surface area is 112 Å². The first kappa shape index (κ1) is 14.4. The second-order valence-electron chi connectivity index (χ2n) is 5.47. The quantitative estimate of drug-likeness (QED) is 0.883. The summed E-state index contributed by atoms with van der Waals surface area (Å²) < 4.78 is 27.4. The van der Waals surface area contributed by atoms with E-state index in [1.807, 2.05) is 0 Å². The second-order valence-corrected chi connectivity index (χ2v) is 5.47. The van der Waals surface area contributed by atoms with E-state index >= 15 is 0 Å². The number of halogens is 2. The Hall–Kier alpha value is -1.00. The summed E-state index contributed by atoms with van der Waals surface area (Å²) in [6, 6.07) is 2.12. The van der Waals surface area contributed by atoms with Crippen LogP contribution in [0.5, 0.6) is 0 Å². The minimum atomic E-state index is -0.399. The van der Waals surface area contributed by atoms with Crippen LogP contribution < -0.4 is 5.32 Å². The van der Waals surface area contributed by atoms with Gasteiger partial charge in [0.1, 0.15) is 11.6 Å². The predicted molar refractivity (Wildman–Crippen MR) is 70.9 cm³/mol. The molecule has 2 rings (SSSR count). The molecule has 4 heteroatoms. The maximum Gasteiger partial charge on any atom is 0.128 e. The molecule has 2 N–H and O–H groups in total. The Kier molecular flexibility index (Phi) is 4.53. The van der Waals surface area contributed by atoms with E-state index in [2.05, 4.69) is 5.32 Å². The molecule has 0 aromatic heterocycles. The van der Waals surface area contributed by atoms with E-state index in [-0.39, 0.29) is 12.1 Å². The van der Waals surface area contributed by atoms with E-state index in [9.17, 15) is 13.9 Å². The van der Waals surface area contributed by atoms with Gasteiger partial charge in [0.15, 0.2) is 0 Å². The van der Waals surface area contributed by atoms with Crippen molar-refractivity contribution in [2.75, 3.05) is 0 Å². The lowest BCUT2D eigenvalue weighted by molar-refractivity contribution is 0.0857. The SMILES string of the molecule is Cc1cc(F)c(C(C)NC2CCCCC2O)cc1F. The molecular formula is C15H21F2NO. The van der Waals surface area contributed by atoms with Crippen LogP contribution in [0, 0.1) is 18.6 Å². The Bertz CT molecular complexity index is 450. The van der Waals surface area contributed by atoms with Crippen LogP contribution in [0.1, 0.15) is 49.8 Å². The molecule has 0 heterocycles. The van der Waals surface area contributed by atoms with Crippen LogP contribution >= 0.6 is 0 Å². The summed E-state index contributed by atoms with van der Waals surface area (Å²) in [5, 5.41) is 13.1. The number of aliphatic hydroxyl groups excluding tert-OH is 1. The minimum Gasteiger partial charge on any atom is -0.392 e. The van der Waals surface area contributed by atoms with Gasteiger partial charge in [-0.25, -0.2) is 8.78 Å². The van der Waals surface area contributed by atoms with Crippen molar-refractivity contribution in [2.24, 2.45) is 0 Å². The molecule has 3 atom stereocenters. The van der Waals surface area contributed by atoms with Crippen LogP contribution in [0.4, 0.5) is 8.78 Å². The fraction of sp³-hybridized carbons (Fsp3) is 0.600. The van der Waals surface area contributed by atoms with Gasteiger partial charge in [-0.05, 0) is 44.4 Å². The lowest BCUT2D eigenvalue weighted by Gasteiger charge is -2.31. The van der Waals surface area contributed by atoms with Crippen LogP contribution in [-0.4, -0.2) is 17.3 Å². The van der Waals surface area contributed by atoms with Gasteiger partial charge in [-0.2, -0.15) is 0 Å². The molecule has 1 aromatic rings. The molecule has 0 amide bonds. The zero-order valence-electron chi connectivity index (χ0n) is 11.4. The maximum atomic E-state index is 13.9. The van der Waals surface area contributed by atoms with E-state index < -0.39 is 17.7 Å². The summed E-state index contributed by atoms with van der Waals surface area (Å²) in [5.74, 6) is -0.793. The summed E-state index contributed by atoms with van der Waals surface area (Å²) in [6.45, 7) is 3.35. The van der Waals surface area contributed by atoms with Gasteiger partial charge >= 0.3 is 0 Å². The molecular weight excluding hydrogens is 248 g/mol. The lowest BCUT2D eigenvalue weighted by atomic mass is 9.91. The fourth-order valence-electron chi connectivity index (χ4n) is 2.71. The molecule has 0 spiro atoms. The van der Waals surface area contributed by atoms with E-state index in [4.69, 9.17) is 0 Å². The van der Waals surface area contributed by atoms with Gasteiger partial charge in [0.05, 0.1) is 6.10 Å². The second kappa shape index (κ2) is 5.97. The summed E-state index contributed by atoms with van der Waals surface area (Å²) in [7, 11) is 0. The normalized spacial score (nSPS) is 25.3. The molecule has 2 nitrogen and oxygen atoms in total. The van der Waals surface area contributed by atoms with Gasteiger partial charge in [-0.15, -0.1) is 0 Å². The van der Waals surface area contributed by atoms with Gasteiger partial charge in [0.25, 0.3) is 0 Å². The highest BCUT2D eigenvalue weighted by Crippen LogP contribution is 2.24. The van der Waals surface area contributed by atoms with Gasteiger partial charge in [0, 0.05) is 17.6 Å². The Morgan fingerprint density at radius 1 is 1.21 bits per heavy atom. The highest BCUT2D eigenvalue weighted by atomic mass is 19.1. The molecule has 1 saturated carbocycles. The van der Waals surface area contributed by atoms with Crippen molar-refractivity contribution in [3.63, 3.8) is 0 Å². The molecule has 3 unspecified atom stereocenters. The van der Waals surface area contributed by atoms with Crippen LogP contribution in [-0.2, 0) is 0 Å². The summed E-state index contributed by atoms with van der Waals surface area (Å²) in [5.41, 5.74) is 0.632. The highest BCUT2D eigenvalue weighted by molar-refractivity contribution is 5.27. The molecule has 19 heavy (non-hydrogen) atoms. The summed E-state index contributed by atoms with van der Waals surface area (Å²) >= 11 is 0. The van der Waals surface area contributed by atoms with Gasteiger partial charge in [-0.3, -0.25) is 0 Å². The first-order chi connectivity index (χ1) is 8.99. The smallest absolute Gasteiger partial charge is 0.128 e. The maximum absolute atomic E-state index is 13.9. The molecule has 0 radical (unpaired) electrons. The van der Waals surface area contributed by atoms with Crippen molar-refractivity contribution in [3.8, 4) is 0 Å². The average Bonchev–Trinajstić information content (AvgIpc) is 2.36. The molecule has 1 fully saturated rings. The largest absolute Gasteiger partial charge is 0.392 e. The zero-order chi connectivity index (χ0) is 14.0. The minimum absolute atomic E-state index is 0.0347. The number of aryl methyl sites for hydroxylation is 1. The standard InChI is InChI=1S/C15H21F2NO/c1-9-7-13(17)11(8-12(9)16)10(2)18-14-5-3-4-6-15(14)19/h7-8,10,14-15,18-19H,3-6H2,1-2H3. The van der Waals surface area contributed by atoms with Crippen molar-refractivity contribution in [2.45, 2.75) is 57.7 Å². The lowest BCUT2D eigenvalue weighted by Crippen LogP contribution is -2.43. The summed E-state index contributed by atoms with van der Waals surface area (Å²) in [4.78, 5) is 0. The van der Waals surface area contributed by atoms with Gasteiger partial charge < -0.3 is 10.4 Å². The number of aliphatic hydroxyl groups is 1. The van der Waals surface area contributed by atoms with Crippen LogP contribution in [0.15, 0.2) is 12.1 Å². The van der Waals surface area contributed by atoms with Crippen LogP contribution in [0.25, 0.3) is 0 Å². The average molecular weight is 269 g/mol. The number of benzene rings is 1. The molecule has 0 bridgehead atoms. The number of rotatable bonds is 3. The Morgan fingerprint density at radius 3 is 2.58 bits per heavy atom. The van der Waals surface area contributed by atoms with Crippen molar-refractivity contribution in [1.29, 1.82) is 0 Å². The molecule has 0 aliphatic heterocycles. The van der Waals surface area contributed by atoms with Crippen molar-refractivity contribution in [1.82, 2.24) is 5.32 Å². The molecule has 0 saturated heterocycles. The fourth-order valence-corrected chi connectivity index (χ4v) is 2.71. The topological polar surface area (TPSA) is 32.3 Å². The van der Waals surface area contributed by atoms with Crippen LogP contribution in [0.3, 0.4) is 0 Å². The monoisotopic (exact) mass is 269 g/mol. The van der Waals surface area contributed by atoms with E-state index in [1.165, 1.54) is 12.1 Å². The van der Waals surface area contributed by atoms with Crippen LogP contribution in [0.2, 0.25) is 0 Å². The zero-order valence-corrected chi connectivity index (χ0v) is 11.4. The third kappa shape index (κ3) is 3.31. The van der Waals surface area contributed by atoms with E-state index in [1.54, 1.807) is 13.8 Å².